The van der Waals surface area contributed by atoms with Crippen molar-refractivity contribution in [2.24, 2.45) is 0 Å². The van der Waals surface area contributed by atoms with Gasteiger partial charge in [-0.25, -0.2) is 9.18 Å². The van der Waals surface area contributed by atoms with Gasteiger partial charge in [0.25, 0.3) is 0 Å². The van der Waals surface area contributed by atoms with E-state index in [2.05, 4.69) is 6.07 Å². The molecule has 0 saturated carbocycles. The van der Waals surface area contributed by atoms with E-state index in [1.807, 2.05) is 36.4 Å². The number of nitriles is 1. The molecule has 3 nitrogen and oxygen atoms in total. The number of hydrogen-bond donors (Lipinski definition) is 0. The molecule has 136 valence electrons. The monoisotopic (exact) mass is 369 g/mol. The maximum atomic E-state index is 12.9. The van der Waals surface area contributed by atoms with Crippen LogP contribution in [0.1, 0.15) is 16.7 Å². The van der Waals surface area contributed by atoms with Gasteiger partial charge in [-0.15, -0.1) is 0 Å². The van der Waals surface area contributed by atoms with Gasteiger partial charge in [0.15, 0.2) is 0 Å². The van der Waals surface area contributed by atoms with Crippen LogP contribution in [-0.2, 0) is 4.79 Å². The molecule has 0 aromatic heterocycles. The van der Waals surface area contributed by atoms with Crippen LogP contribution in [0, 0.1) is 17.1 Å². The van der Waals surface area contributed by atoms with E-state index in [-0.39, 0.29) is 5.82 Å². The van der Waals surface area contributed by atoms with Crippen LogP contribution in [0.5, 0.6) is 5.75 Å². The molecular weight excluding hydrogens is 353 g/mol. The van der Waals surface area contributed by atoms with Crippen LogP contribution in [0.25, 0.3) is 17.7 Å². The molecule has 3 rings (SSSR count). The lowest BCUT2D eigenvalue weighted by Gasteiger charge is -2.04. The number of halogens is 1. The highest BCUT2D eigenvalue weighted by molar-refractivity contribution is 5.90. The maximum absolute atomic E-state index is 12.9. The number of rotatable bonds is 5. The second-order valence-corrected chi connectivity index (χ2v) is 5.91. The van der Waals surface area contributed by atoms with Crippen molar-refractivity contribution in [2.75, 3.05) is 0 Å². The SMILES string of the molecule is N#C/C(=C/c1cccc(OC(=O)/C=C/c2ccc(F)cc2)c1)c1ccccc1. The Balaban J connectivity index is 1.72. The quantitative estimate of drug-likeness (QED) is 0.196. The predicted molar refractivity (Wildman–Crippen MR) is 107 cm³/mol. The Bertz CT molecular complexity index is 1060. The molecule has 0 fully saturated rings. The Morgan fingerprint density at radius 3 is 2.39 bits per heavy atom. The molecule has 0 heterocycles. The lowest BCUT2D eigenvalue weighted by atomic mass is 10.0. The van der Waals surface area contributed by atoms with Crippen molar-refractivity contribution in [3.8, 4) is 11.8 Å². The highest BCUT2D eigenvalue weighted by Gasteiger charge is 2.04. The molecule has 0 aliphatic carbocycles. The second kappa shape index (κ2) is 9.11. The summed E-state index contributed by atoms with van der Waals surface area (Å²) < 4.78 is 18.2. The van der Waals surface area contributed by atoms with E-state index in [0.29, 0.717) is 16.9 Å². The molecule has 0 spiro atoms. The van der Waals surface area contributed by atoms with Gasteiger partial charge >= 0.3 is 5.97 Å². The van der Waals surface area contributed by atoms with Crippen LogP contribution < -0.4 is 4.74 Å². The van der Waals surface area contributed by atoms with Gasteiger partial charge in [-0.2, -0.15) is 5.26 Å². The molecule has 4 heteroatoms. The van der Waals surface area contributed by atoms with Crippen LogP contribution in [0.3, 0.4) is 0 Å². The molecule has 3 aromatic carbocycles. The second-order valence-electron chi connectivity index (χ2n) is 5.91. The van der Waals surface area contributed by atoms with Crippen molar-refractivity contribution in [3.63, 3.8) is 0 Å². The minimum absolute atomic E-state index is 0.336. The van der Waals surface area contributed by atoms with E-state index in [1.165, 1.54) is 18.2 Å². The van der Waals surface area contributed by atoms with E-state index in [0.717, 1.165) is 11.1 Å². The topological polar surface area (TPSA) is 50.1 Å². The Labute approximate surface area is 162 Å². The summed E-state index contributed by atoms with van der Waals surface area (Å²) in [5, 5.41) is 9.41. The predicted octanol–water partition coefficient (Wildman–Crippen LogP) is 5.51. The summed E-state index contributed by atoms with van der Waals surface area (Å²) in [6.07, 6.45) is 4.57. The zero-order chi connectivity index (χ0) is 19.8. The molecule has 0 unspecified atom stereocenters. The number of carbonyl (C=O) groups excluding carboxylic acids is 1. The van der Waals surface area contributed by atoms with Gasteiger partial charge in [0.1, 0.15) is 11.6 Å². The fraction of sp³-hybridized carbons (Fsp3) is 0. The number of nitrogens with zero attached hydrogens (tertiary/aromatic N) is 1. The summed E-state index contributed by atoms with van der Waals surface area (Å²) >= 11 is 0. The molecule has 0 bridgehead atoms. The van der Waals surface area contributed by atoms with Crippen LogP contribution in [0.4, 0.5) is 4.39 Å². The van der Waals surface area contributed by atoms with E-state index in [4.69, 9.17) is 4.74 Å². The minimum atomic E-state index is -0.547. The van der Waals surface area contributed by atoms with Gasteiger partial charge in [-0.1, -0.05) is 54.6 Å². The van der Waals surface area contributed by atoms with E-state index >= 15 is 0 Å². The van der Waals surface area contributed by atoms with Crippen LogP contribution in [-0.4, -0.2) is 5.97 Å². The highest BCUT2D eigenvalue weighted by Crippen LogP contribution is 2.20. The standard InChI is InChI=1S/C24H16FNO2/c25-22-12-9-18(10-13-22)11-14-24(27)28-23-8-4-5-19(16-23)15-21(17-26)20-6-2-1-3-7-20/h1-16H/b14-11+,21-15-. The third kappa shape index (κ3) is 5.26. The van der Waals surface area contributed by atoms with Gasteiger partial charge in [0.05, 0.1) is 11.6 Å². The molecule has 0 amide bonds. The van der Waals surface area contributed by atoms with Gasteiger partial charge in [-0.05, 0) is 53.1 Å². The number of allylic oxidation sites excluding steroid dienone is 1. The summed E-state index contributed by atoms with van der Waals surface area (Å²) in [5.41, 5.74) is 2.76. The first-order valence-electron chi connectivity index (χ1n) is 8.57. The lowest BCUT2D eigenvalue weighted by Crippen LogP contribution is -2.03. The Morgan fingerprint density at radius 2 is 1.68 bits per heavy atom. The van der Waals surface area contributed by atoms with Crippen molar-refractivity contribution in [2.45, 2.75) is 0 Å². The maximum Gasteiger partial charge on any atom is 0.336 e. The average Bonchev–Trinajstić information content (AvgIpc) is 2.72. The molecular formula is C24H16FNO2. The fourth-order valence-electron chi connectivity index (χ4n) is 2.52. The molecule has 0 aliphatic heterocycles. The average molecular weight is 369 g/mol. The molecule has 0 atom stereocenters. The van der Waals surface area contributed by atoms with Crippen LogP contribution in [0.2, 0.25) is 0 Å². The van der Waals surface area contributed by atoms with Crippen molar-refractivity contribution < 1.29 is 13.9 Å². The molecule has 0 aliphatic rings. The van der Waals surface area contributed by atoms with Crippen molar-refractivity contribution in [1.29, 1.82) is 5.26 Å². The Morgan fingerprint density at radius 1 is 0.929 bits per heavy atom. The van der Waals surface area contributed by atoms with Crippen molar-refractivity contribution >= 4 is 23.7 Å². The summed E-state index contributed by atoms with van der Waals surface area (Å²) in [5.74, 6) is -0.515. The van der Waals surface area contributed by atoms with E-state index < -0.39 is 5.97 Å². The summed E-state index contributed by atoms with van der Waals surface area (Å²) in [7, 11) is 0. The van der Waals surface area contributed by atoms with Crippen LogP contribution >= 0.6 is 0 Å². The molecule has 0 radical (unpaired) electrons. The van der Waals surface area contributed by atoms with Gasteiger partial charge < -0.3 is 4.74 Å². The molecule has 28 heavy (non-hydrogen) atoms. The minimum Gasteiger partial charge on any atom is -0.423 e. The number of carbonyl (C=O) groups is 1. The summed E-state index contributed by atoms with van der Waals surface area (Å²) in [6.45, 7) is 0. The zero-order valence-electron chi connectivity index (χ0n) is 14.9. The number of ether oxygens (including phenoxy) is 1. The Kier molecular flexibility index (Phi) is 6.12. The zero-order valence-corrected chi connectivity index (χ0v) is 14.9. The number of hydrogen-bond acceptors (Lipinski definition) is 3. The first-order chi connectivity index (χ1) is 13.6. The van der Waals surface area contributed by atoms with E-state index in [1.54, 1.807) is 42.5 Å². The lowest BCUT2D eigenvalue weighted by molar-refractivity contribution is -0.128. The van der Waals surface area contributed by atoms with Gasteiger partial charge in [-0.3, -0.25) is 0 Å². The molecule has 0 saturated heterocycles. The third-order valence-electron chi connectivity index (χ3n) is 3.87. The fourth-order valence-corrected chi connectivity index (χ4v) is 2.52. The summed E-state index contributed by atoms with van der Waals surface area (Å²) in [4.78, 5) is 12.0. The Hall–Kier alpha value is -3.97. The summed E-state index contributed by atoms with van der Waals surface area (Å²) in [6, 6.07) is 24.2. The molecule has 0 N–H and O–H groups in total. The highest BCUT2D eigenvalue weighted by atomic mass is 19.1. The number of esters is 1. The largest absolute Gasteiger partial charge is 0.423 e. The van der Waals surface area contributed by atoms with E-state index in [9.17, 15) is 14.4 Å². The van der Waals surface area contributed by atoms with Crippen molar-refractivity contribution in [1.82, 2.24) is 0 Å². The first kappa shape index (κ1) is 18.8. The smallest absolute Gasteiger partial charge is 0.336 e. The number of benzene rings is 3. The third-order valence-corrected chi connectivity index (χ3v) is 3.87. The van der Waals surface area contributed by atoms with Crippen LogP contribution in [0.15, 0.2) is 84.9 Å². The van der Waals surface area contributed by atoms with Gasteiger partial charge in [0.2, 0.25) is 0 Å². The van der Waals surface area contributed by atoms with Gasteiger partial charge in [0, 0.05) is 6.08 Å². The first-order valence-corrected chi connectivity index (χ1v) is 8.57. The van der Waals surface area contributed by atoms with Crippen molar-refractivity contribution in [3.05, 3.63) is 107 Å². The normalized spacial score (nSPS) is 11.2. The molecule has 3 aromatic rings.